The fraction of sp³-hybridized carbons (Fsp3) is 0.895. The Balaban J connectivity index is 1.76. The molecule has 4 saturated carbocycles. The van der Waals surface area contributed by atoms with Crippen LogP contribution >= 0.6 is 0 Å². The fourth-order valence-corrected chi connectivity index (χ4v) is 6.99. The van der Waals surface area contributed by atoms with Crippen LogP contribution in [-0.4, -0.2) is 34.5 Å². The molecule has 128 valence electrons. The number of Topliss-reactive ketones (excluding diaryl/α,β-unsaturated/α-hetero) is 2. The fourth-order valence-electron chi connectivity index (χ4n) is 6.99. The van der Waals surface area contributed by atoms with E-state index >= 15 is 0 Å². The molecule has 23 heavy (non-hydrogen) atoms. The van der Waals surface area contributed by atoms with Crippen LogP contribution in [0, 0.1) is 34.5 Å². The van der Waals surface area contributed by atoms with Crippen molar-refractivity contribution < 1.29 is 19.8 Å². The molecule has 0 aromatic carbocycles. The third kappa shape index (κ3) is 1.85. The lowest BCUT2D eigenvalue weighted by atomic mass is 9.44. The standard InChI is InChI=1S/C19H28O4/c1-18-8-7-13-11(12(18)5-6-16(18)22)9-15(21)14-3-2-4-17(23)19(13,14)10-20/h11-15,20-21H,2-10H2,1H3/t11-,12+,13-,14-,15+,18+,19-/m1/s1. The van der Waals surface area contributed by atoms with Crippen molar-refractivity contribution >= 4 is 11.6 Å². The molecule has 0 radical (unpaired) electrons. The molecule has 4 fully saturated rings. The first-order chi connectivity index (χ1) is 10.9. The third-order valence-corrected chi connectivity index (χ3v) is 8.15. The summed E-state index contributed by atoms with van der Waals surface area (Å²) in [6, 6.07) is 0. The van der Waals surface area contributed by atoms with Gasteiger partial charge in [0.15, 0.2) is 0 Å². The number of hydrogen-bond donors (Lipinski definition) is 2. The van der Waals surface area contributed by atoms with Crippen LogP contribution in [0.5, 0.6) is 0 Å². The summed E-state index contributed by atoms with van der Waals surface area (Å²) in [5, 5.41) is 21.0. The minimum Gasteiger partial charge on any atom is -0.395 e. The SMILES string of the molecule is C[C@]12CC[C@@H]3[C@H](C[C@H](O)[C@H]4CCCC(=O)[C@]34CO)[C@@H]1CCC2=O. The van der Waals surface area contributed by atoms with Crippen LogP contribution in [0.15, 0.2) is 0 Å². The molecule has 2 N–H and O–H groups in total. The van der Waals surface area contributed by atoms with E-state index < -0.39 is 11.5 Å². The van der Waals surface area contributed by atoms with Gasteiger partial charge in [-0.3, -0.25) is 9.59 Å². The van der Waals surface area contributed by atoms with E-state index in [0.717, 1.165) is 32.1 Å². The van der Waals surface area contributed by atoms with Crippen molar-refractivity contribution in [1.29, 1.82) is 0 Å². The lowest BCUT2D eigenvalue weighted by molar-refractivity contribution is -0.185. The predicted octanol–water partition coefficient (Wildman–Crippen LogP) is 2.11. The maximum Gasteiger partial charge on any atom is 0.142 e. The van der Waals surface area contributed by atoms with Crippen LogP contribution in [0.2, 0.25) is 0 Å². The molecule has 4 nitrogen and oxygen atoms in total. The maximum absolute atomic E-state index is 12.9. The van der Waals surface area contributed by atoms with Gasteiger partial charge in [0.25, 0.3) is 0 Å². The van der Waals surface area contributed by atoms with E-state index in [1.165, 1.54) is 0 Å². The molecule has 0 amide bonds. The monoisotopic (exact) mass is 320 g/mol. The maximum atomic E-state index is 12.9. The van der Waals surface area contributed by atoms with Gasteiger partial charge in [0.05, 0.1) is 18.1 Å². The highest BCUT2D eigenvalue weighted by Gasteiger charge is 2.65. The zero-order valence-corrected chi connectivity index (χ0v) is 14.0. The van der Waals surface area contributed by atoms with E-state index in [1.54, 1.807) is 0 Å². The van der Waals surface area contributed by atoms with Crippen LogP contribution < -0.4 is 0 Å². The summed E-state index contributed by atoms with van der Waals surface area (Å²) in [5.41, 5.74) is -1.00. The number of hydrogen-bond acceptors (Lipinski definition) is 4. The molecule has 4 rings (SSSR count). The zero-order valence-electron chi connectivity index (χ0n) is 14.0. The second-order valence-electron chi connectivity index (χ2n) is 8.72. The van der Waals surface area contributed by atoms with Gasteiger partial charge in [0.2, 0.25) is 0 Å². The van der Waals surface area contributed by atoms with Gasteiger partial charge in [-0.25, -0.2) is 0 Å². The summed E-state index contributed by atoms with van der Waals surface area (Å²) in [4.78, 5) is 25.3. The van der Waals surface area contributed by atoms with Crippen LogP contribution in [0.3, 0.4) is 0 Å². The molecule has 0 aromatic heterocycles. The van der Waals surface area contributed by atoms with Gasteiger partial charge in [0, 0.05) is 18.3 Å². The highest BCUT2D eigenvalue weighted by Crippen LogP contribution is 2.64. The van der Waals surface area contributed by atoms with E-state index in [9.17, 15) is 19.8 Å². The third-order valence-electron chi connectivity index (χ3n) is 8.15. The number of carbonyl (C=O) groups excluding carboxylic acids is 2. The van der Waals surface area contributed by atoms with Crippen LogP contribution in [0.1, 0.15) is 58.3 Å². The highest BCUT2D eigenvalue weighted by atomic mass is 16.3. The second-order valence-corrected chi connectivity index (χ2v) is 8.72. The van der Waals surface area contributed by atoms with Gasteiger partial charge in [-0.2, -0.15) is 0 Å². The van der Waals surface area contributed by atoms with Gasteiger partial charge >= 0.3 is 0 Å². The molecule has 0 saturated heterocycles. The Bertz CT molecular complexity index is 543. The number of carbonyl (C=O) groups is 2. The Kier molecular flexibility index (Phi) is 3.51. The number of fused-ring (bicyclic) bond motifs is 5. The summed E-state index contributed by atoms with van der Waals surface area (Å²) in [6.45, 7) is 1.96. The smallest absolute Gasteiger partial charge is 0.142 e. The minimum atomic E-state index is -0.743. The average molecular weight is 320 g/mol. The summed E-state index contributed by atoms with van der Waals surface area (Å²) in [7, 11) is 0. The van der Waals surface area contributed by atoms with Gasteiger partial charge in [0.1, 0.15) is 11.6 Å². The number of ketones is 2. The first kappa shape index (κ1) is 15.8. The topological polar surface area (TPSA) is 74.6 Å². The Morgan fingerprint density at radius 1 is 1.04 bits per heavy atom. The molecule has 4 heteroatoms. The Labute approximate surface area is 137 Å². The van der Waals surface area contributed by atoms with Crippen molar-refractivity contribution in [2.75, 3.05) is 6.61 Å². The molecular weight excluding hydrogens is 292 g/mol. The molecule has 4 aliphatic carbocycles. The minimum absolute atomic E-state index is 0.0866. The number of rotatable bonds is 1. The molecule has 0 aromatic rings. The first-order valence-corrected chi connectivity index (χ1v) is 9.30. The van der Waals surface area contributed by atoms with Crippen molar-refractivity contribution in [2.24, 2.45) is 34.5 Å². The van der Waals surface area contributed by atoms with Crippen LogP contribution in [-0.2, 0) is 9.59 Å². The van der Waals surface area contributed by atoms with E-state index in [4.69, 9.17) is 0 Å². The van der Waals surface area contributed by atoms with E-state index in [-0.39, 0.29) is 41.5 Å². The van der Waals surface area contributed by atoms with Crippen molar-refractivity contribution in [3.05, 3.63) is 0 Å². The molecule has 7 atom stereocenters. The average Bonchev–Trinajstić information content (AvgIpc) is 2.84. The normalized spacial score (nSPS) is 52.7. The Morgan fingerprint density at radius 3 is 2.57 bits per heavy atom. The van der Waals surface area contributed by atoms with E-state index in [0.29, 0.717) is 25.0 Å². The van der Waals surface area contributed by atoms with Crippen molar-refractivity contribution in [1.82, 2.24) is 0 Å². The first-order valence-electron chi connectivity index (χ1n) is 9.30. The lowest BCUT2D eigenvalue weighted by Gasteiger charge is -2.60. The summed E-state index contributed by atoms with van der Waals surface area (Å²) >= 11 is 0. The van der Waals surface area contributed by atoms with Crippen LogP contribution in [0.25, 0.3) is 0 Å². The van der Waals surface area contributed by atoms with Crippen LogP contribution in [0.4, 0.5) is 0 Å². The van der Waals surface area contributed by atoms with Gasteiger partial charge in [-0.05, 0) is 62.2 Å². The second kappa shape index (κ2) is 5.13. The summed E-state index contributed by atoms with van der Waals surface area (Å²) in [5.74, 6) is 1.08. The van der Waals surface area contributed by atoms with Gasteiger partial charge < -0.3 is 10.2 Å². The number of aliphatic hydroxyl groups is 2. The van der Waals surface area contributed by atoms with E-state index in [1.807, 2.05) is 0 Å². The molecule has 0 spiro atoms. The number of aliphatic hydroxyl groups excluding tert-OH is 2. The van der Waals surface area contributed by atoms with Crippen molar-refractivity contribution in [2.45, 2.75) is 64.4 Å². The zero-order chi connectivity index (χ0) is 16.4. The Hall–Kier alpha value is -0.740. The van der Waals surface area contributed by atoms with Crippen molar-refractivity contribution in [3.8, 4) is 0 Å². The molecule has 0 heterocycles. The van der Waals surface area contributed by atoms with Gasteiger partial charge in [-0.15, -0.1) is 0 Å². The molecule has 0 bridgehead atoms. The molecule has 4 aliphatic rings. The molecule has 0 aliphatic heterocycles. The summed E-state index contributed by atoms with van der Waals surface area (Å²) in [6.07, 6.45) is 5.63. The largest absolute Gasteiger partial charge is 0.395 e. The highest BCUT2D eigenvalue weighted by molar-refractivity contribution is 5.88. The predicted molar refractivity (Wildman–Crippen MR) is 84.5 cm³/mol. The van der Waals surface area contributed by atoms with E-state index in [2.05, 4.69) is 6.92 Å². The summed E-state index contributed by atoms with van der Waals surface area (Å²) < 4.78 is 0. The Morgan fingerprint density at radius 2 is 1.83 bits per heavy atom. The lowest BCUT2D eigenvalue weighted by Crippen LogP contribution is -2.62. The molecular formula is C19H28O4. The quantitative estimate of drug-likeness (QED) is 0.776. The molecule has 0 unspecified atom stereocenters. The van der Waals surface area contributed by atoms with Gasteiger partial charge in [-0.1, -0.05) is 6.92 Å². The van der Waals surface area contributed by atoms with Crippen molar-refractivity contribution in [3.63, 3.8) is 0 Å².